The van der Waals surface area contributed by atoms with E-state index in [2.05, 4.69) is 17.0 Å². The summed E-state index contributed by atoms with van der Waals surface area (Å²) >= 11 is 6.06. The molecule has 2 aliphatic rings. The minimum absolute atomic E-state index is 0.258. The summed E-state index contributed by atoms with van der Waals surface area (Å²) in [5.74, 6) is 0.339. The second-order valence-electron chi connectivity index (χ2n) is 7.22. The van der Waals surface area contributed by atoms with Crippen molar-refractivity contribution in [3.8, 4) is 0 Å². The van der Waals surface area contributed by atoms with Gasteiger partial charge < -0.3 is 9.84 Å². The molecule has 3 nitrogen and oxygen atoms in total. The third-order valence-electron chi connectivity index (χ3n) is 5.88. The Labute approximate surface area is 144 Å². The summed E-state index contributed by atoms with van der Waals surface area (Å²) in [6, 6.07) is 8.75. The second kappa shape index (κ2) is 7.52. The van der Waals surface area contributed by atoms with E-state index >= 15 is 0 Å². The summed E-state index contributed by atoms with van der Waals surface area (Å²) < 4.78 is 5.46. The van der Waals surface area contributed by atoms with E-state index in [0.29, 0.717) is 18.6 Å². The van der Waals surface area contributed by atoms with Gasteiger partial charge in [-0.25, -0.2) is 0 Å². The molecule has 1 saturated heterocycles. The minimum atomic E-state index is 0.258. The number of rotatable bonds is 6. The lowest BCUT2D eigenvalue weighted by Gasteiger charge is -2.50. The Morgan fingerprint density at radius 2 is 2.00 bits per heavy atom. The highest BCUT2D eigenvalue weighted by Crippen LogP contribution is 2.45. The van der Waals surface area contributed by atoms with Crippen LogP contribution in [0.4, 0.5) is 0 Å². The quantitative estimate of drug-likeness (QED) is 0.862. The van der Waals surface area contributed by atoms with Crippen LogP contribution in [-0.4, -0.2) is 49.5 Å². The Morgan fingerprint density at radius 3 is 2.57 bits per heavy atom. The second-order valence-corrected chi connectivity index (χ2v) is 7.66. The number of aliphatic hydroxyl groups is 1. The molecule has 1 aromatic rings. The summed E-state index contributed by atoms with van der Waals surface area (Å²) in [6.07, 6.45) is 6.06. The molecule has 4 heteroatoms. The third-order valence-corrected chi connectivity index (χ3v) is 6.13. The normalized spacial score (nSPS) is 27.6. The van der Waals surface area contributed by atoms with E-state index in [9.17, 15) is 5.11 Å². The molecule has 23 heavy (non-hydrogen) atoms. The minimum Gasteiger partial charge on any atom is -0.396 e. The maximum atomic E-state index is 9.73. The number of hydrogen-bond acceptors (Lipinski definition) is 3. The molecule has 0 amide bonds. The first-order valence-electron chi connectivity index (χ1n) is 8.78. The Morgan fingerprint density at radius 1 is 1.26 bits per heavy atom. The van der Waals surface area contributed by atoms with Gasteiger partial charge in [-0.2, -0.15) is 0 Å². The molecule has 1 N–H and O–H groups in total. The molecular weight excluding hydrogens is 310 g/mol. The molecule has 1 heterocycles. The van der Waals surface area contributed by atoms with Crippen molar-refractivity contribution in [2.75, 3.05) is 33.4 Å². The number of benzene rings is 1. The highest BCUT2D eigenvalue weighted by molar-refractivity contribution is 6.30. The maximum absolute atomic E-state index is 9.73. The van der Waals surface area contributed by atoms with Crippen LogP contribution in [0, 0.1) is 5.92 Å². The van der Waals surface area contributed by atoms with Crippen molar-refractivity contribution >= 4 is 11.6 Å². The van der Waals surface area contributed by atoms with Crippen molar-refractivity contribution in [3.63, 3.8) is 0 Å². The van der Waals surface area contributed by atoms with Gasteiger partial charge in [0.05, 0.1) is 6.61 Å². The SMILES string of the molecule is COC[C@@H]1[C@H](CO)CCCN1CC1(c2ccc(Cl)cc2)CCC1. The number of ether oxygens (including phenoxy) is 1. The van der Waals surface area contributed by atoms with Gasteiger partial charge in [0.2, 0.25) is 0 Å². The average Bonchev–Trinajstić information content (AvgIpc) is 2.53. The molecule has 0 spiro atoms. The summed E-state index contributed by atoms with van der Waals surface area (Å²) in [7, 11) is 1.76. The van der Waals surface area contributed by atoms with Gasteiger partial charge in [0.25, 0.3) is 0 Å². The number of halogens is 1. The zero-order chi connectivity index (χ0) is 16.3. The van der Waals surface area contributed by atoms with Crippen LogP contribution in [0.5, 0.6) is 0 Å². The molecule has 0 bridgehead atoms. The van der Waals surface area contributed by atoms with Crippen LogP contribution in [-0.2, 0) is 10.2 Å². The third kappa shape index (κ3) is 3.58. The molecule has 0 radical (unpaired) electrons. The molecule has 1 aliphatic heterocycles. The first-order chi connectivity index (χ1) is 11.2. The number of likely N-dealkylation sites (tertiary alicyclic amines) is 1. The lowest BCUT2D eigenvalue weighted by molar-refractivity contribution is -0.0136. The standard InChI is InChI=1S/C19H28ClNO2/c1-23-13-18-15(12-22)4-2-11-21(18)14-19(9-3-10-19)16-5-7-17(20)8-6-16/h5-8,15,18,22H,2-4,9-14H2,1H3/t15-,18+/m0/s1. The molecule has 128 valence electrons. The predicted octanol–water partition coefficient (Wildman–Crippen LogP) is 3.48. The predicted molar refractivity (Wildman–Crippen MR) is 94.0 cm³/mol. The zero-order valence-electron chi connectivity index (χ0n) is 14.0. The fourth-order valence-corrected chi connectivity index (χ4v) is 4.49. The largest absolute Gasteiger partial charge is 0.396 e. The topological polar surface area (TPSA) is 32.7 Å². The van der Waals surface area contributed by atoms with Gasteiger partial charge in [0.1, 0.15) is 0 Å². The highest BCUT2D eigenvalue weighted by atomic mass is 35.5. The van der Waals surface area contributed by atoms with Gasteiger partial charge in [-0.3, -0.25) is 4.90 Å². The van der Waals surface area contributed by atoms with Crippen molar-refractivity contribution < 1.29 is 9.84 Å². The highest BCUT2D eigenvalue weighted by Gasteiger charge is 2.43. The summed E-state index contributed by atoms with van der Waals surface area (Å²) in [5, 5.41) is 10.5. The van der Waals surface area contributed by atoms with Gasteiger partial charge >= 0.3 is 0 Å². The first kappa shape index (κ1) is 17.2. The van der Waals surface area contributed by atoms with Crippen LogP contribution in [0.15, 0.2) is 24.3 Å². The van der Waals surface area contributed by atoms with Crippen molar-refractivity contribution in [2.24, 2.45) is 5.92 Å². The number of nitrogens with zero attached hydrogens (tertiary/aromatic N) is 1. The Hall–Kier alpha value is -0.610. The van der Waals surface area contributed by atoms with E-state index in [1.54, 1.807) is 7.11 Å². The molecule has 1 saturated carbocycles. The summed E-state index contributed by atoms with van der Waals surface area (Å²) in [6.45, 7) is 3.15. The molecule has 3 rings (SSSR count). The van der Waals surface area contributed by atoms with Gasteiger partial charge in [-0.05, 0) is 55.8 Å². The van der Waals surface area contributed by atoms with E-state index < -0.39 is 0 Å². The van der Waals surface area contributed by atoms with Crippen LogP contribution >= 0.6 is 11.6 Å². The van der Waals surface area contributed by atoms with Crippen LogP contribution in [0.3, 0.4) is 0 Å². The monoisotopic (exact) mass is 337 g/mol. The number of hydrogen-bond donors (Lipinski definition) is 1. The van der Waals surface area contributed by atoms with Crippen molar-refractivity contribution in [3.05, 3.63) is 34.9 Å². The van der Waals surface area contributed by atoms with Crippen molar-refractivity contribution in [2.45, 2.75) is 43.6 Å². The van der Waals surface area contributed by atoms with Gasteiger partial charge in [0.15, 0.2) is 0 Å². The summed E-state index contributed by atoms with van der Waals surface area (Å²) in [4.78, 5) is 2.57. The molecule has 1 aromatic carbocycles. The fourth-order valence-electron chi connectivity index (χ4n) is 4.37. The van der Waals surface area contributed by atoms with Gasteiger partial charge in [0, 0.05) is 36.7 Å². The average molecular weight is 338 g/mol. The maximum Gasteiger partial charge on any atom is 0.0621 e. The number of aliphatic hydroxyl groups excluding tert-OH is 1. The van der Waals surface area contributed by atoms with Gasteiger partial charge in [-0.15, -0.1) is 0 Å². The van der Waals surface area contributed by atoms with Crippen LogP contribution < -0.4 is 0 Å². The van der Waals surface area contributed by atoms with E-state index in [-0.39, 0.29) is 12.0 Å². The molecule has 1 aliphatic carbocycles. The van der Waals surface area contributed by atoms with Crippen molar-refractivity contribution in [1.82, 2.24) is 4.90 Å². The Bertz CT molecular complexity index is 501. The van der Waals surface area contributed by atoms with Gasteiger partial charge in [-0.1, -0.05) is 30.2 Å². The number of methoxy groups -OCH3 is 1. The molecule has 2 fully saturated rings. The van der Waals surface area contributed by atoms with Crippen LogP contribution in [0.1, 0.15) is 37.7 Å². The zero-order valence-corrected chi connectivity index (χ0v) is 14.8. The molecule has 2 atom stereocenters. The Balaban J connectivity index is 1.78. The smallest absolute Gasteiger partial charge is 0.0621 e. The van der Waals surface area contributed by atoms with E-state index in [1.807, 2.05) is 12.1 Å². The van der Waals surface area contributed by atoms with E-state index in [1.165, 1.54) is 31.2 Å². The van der Waals surface area contributed by atoms with Crippen LogP contribution in [0.2, 0.25) is 5.02 Å². The van der Waals surface area contributed by atoms with Crippen molar-refractivity contribution in [1.29, 1.82) is 0 Å². The first-order valence-corrected chi connectivity index (χ1v) is 9.16. The number of piperidine rings is 1. The van der Waals surface area contributed by atoms with Crippen LogP contribution in [0.25, 0.3) is 0 Å². The Kier molecular flexibility index (Phi) is 5.63. The van der Waals surface area contributed by atoms with E-state index in [4.69, 9.17) is 16.3 Å². The lowest BCUT2D eigenvalue weighted by atomic mass is 9.63. The summed E-state index contributed by atoms with van der Waals surface area (Å²) in [5.41, 5.74) is 1.67. The molecule has 0 unspecified atom stereocenters. The molecular formula is C19H28ClNO2. The fraction of sp³-hybridized carbons (Fsp3) is 0.684. The molecule has 0 aromatic heterocycles. The van der Waals surface area contributed by atoms with E-state index in [0.717, 1.165) is 24.5 Å². The lowest BCUT2D eigenvalue weighted by Crippen LogP contribution is -2.55.